The van der Waals surface area contributed by atoms with E-state index in [2.05, 4.69) is 107 Å². The molecule has 6 aromatic carbocycles. The van der Waals surface area contributed by atoms with Crippen LogP contribution in [-0.4, -0.2) is 61.8 Å². The fourth-order valence-electron chi connectivity index (χ4n) is 10.1. The number of carboxylic acid groups (broad SMARTS) is 1. The number of nitriles is 1. The molecule has 0 bridgehead atoms. The second kappa shape index (κ2) is 20.9. The lowest BCUT2D eigenvalue weighted by atomic mass is 9.69. The van der Waals surface area contributed by atoms with Gasteiger partial charge in [-0.25, -0.2) is 0 Å². The Bertz CT molecular complexity index is 2780. The predicted octanol–water partition coefficient (Wildman–Crippen LogP) is 10.3. The van der Waals surface area contributed by atoms with Crippen LogP contribution in [0.15, 0.2) is 193 Å². The lowest BCUT2D eigenvalue weighted by Gasteiger charge is -2.34. The Kier molecular flexibility index (Phi) is 14.2. The van der Waals surface area contributed by atoms with Gasteiger partial charge in [-0.05, 0) is 102 Å². The number of carboxylic acids is 1. The average Bonchev–Trinajstić information content (AvgIpc) is 3.75. The number of nitrogens with zero attached hydrogens (tertiary/aromatic N) is 3. The number of methoxy groups -OCH3 is 2. The van der Waals surface area contributed by atoms with Gasteiger partial charge in [-0.2, -0.15) is 9.84 Å². The average molecular weight is 889 g/mol. The highest BCUT2D eigenvalue weighted by Gasteiger charge is 2.52. The van der Waals surface area contributed by atoms with Crippen molar-refractivity contribution in [2.45, 2.75) is 42.9 Å². The number of fused-ring (bicyclic) bond motifs is 2. The number of hydrogen-bond acceptors (Lipinski definition) is 7. The third kappa shape index (κ3) is 9.85. The van der Waals surface area contributed by atoms with E-state index >= 15 is 0 Å². The number of aliphatic carboxylic acids is 1. The number of carbonyl (C=O) groups excluding carboxylic acids is 1. The summed E-state index contributed by atoms with van der Waals surface area (Å²) in [6, 6.07) is 56.1. The Balaban J connectivity index is 1.33. The van der Waals surface area contributed by atoms with Gasteiger partial charge in [0.1, 0.15) is 24.5 Å². The first-order valence-electron chi connectivity index (χ1n) is 22.5. The smallest absolute Gasteiger partial charge is 0.309 e. The SMILES string of the molecule is COc1ccc2c(c1)C(Cc1ccccc1)(Cc1ccccc1)C(=CC=C(C#N)C=CC1=[N+](CCC(=O)O)c3ccc(OC)cc3C1(Cc1ccccc1)Cc1ccccc1)N2CCOC=O. The summed E-state index contributed by atoms with van der Waals surface area (Å²) in [7, 11) is 3.32. The second-order valence-corrected chi connectivity index (χ2v) is 17.0. The number of benzene rings is 6. The molecule has 0 aliphatic carbocycles. The van der Waals surface area contributed by atoms with Crippen LogP contribution in [0.25, 0.3) is 0 Å². The molecular formula is C58H54N3O6+. The lowest BCUT2D eigenvalue weighted by Crippen LogP contribution is -2.39. The zero-order valence-electron chi connectivity index (χ0n) is 37.9. The highest BCUT2D eigenvalue weighted by atomic mass is 16.5. The van der Waals surface area contributed by atoms with Crippen LogP contribution in [0.2, 0.25) is 0 Å². The molecule has 0 aromatic heterocycles. The van der Waals surface area contributed by atoms with Crippen LogP contribution in [0.3, 0.4) is 0 Å². The van der Waals surface area contributed by atoms with Gasteiger partial charge in [0.25, 0.3) is 6.47 Å². The van der Waals surface area contributed by atoms with Crippen molar-refractivity contribution >= 4 is 29.5 Å². The summed E-state index contributed by atoms with van der Waals surface area (Å²) < 4.78 is 19.1. The van der Waals surface area contributed by atoms with E-state index in [4.69, 9.17) is 14.2 Å². The first kappa shape index (κ1) is 45.6. The Labute approximate surface area is 392 Å². The summed E-state index contributed by atoms with van der Waals surface area (Å²) in [4.78, 5) is 26.0. The van der Waals surface area contributed by atoms with Crippen molar-refractivity contribution in [3.8, 4) is 17.6 Å². The largest absolute Gasteiger partial charge is 0.497 e. The van der Waals surface area contributed by atoms with Gasteiger partial charge >= 0.3 is 5.97 Å². The van der Waals surface area contributed by atoms with Crippen LogP contribution in [0.5, 0.6) is 11.5 Å². The molecule has 6 aromatic rings. The van der Waals surface area contributed by atoms with Gasteiger partial charge in [0.2, 0.25) is 5.69 Å². The van der Waals surface area contributed by atoms with Gasteiger partial charge < -0.3 is 24.2 Å². The third-order valence-corrected chi connectivity index (χ3v) is 13.0. The summed E-state index contributed by atoms with van der Waals surface area (Å²) in [5.74, 6) is 0.517. The first-order valence-corrected chi connectivity index (χ1v) is 22.5. The standard InChI is InChI=1S/C58H53N3O6/c1-65-48-25-27-52-50(35-48)57(37-43-15-7-3-8-16-43,38-44-17-9-4-10-18-44)54(60(52)32-31-56(63)64)29-23-47(41-59)24-30-55-58(39-45-19-11-5-12-20-45,40-46-21-13-6-14-22-46)51-36-49(66-2)26-28-53(51)61(55)33-34-67-42-62/h3-30,35-36,42H,31-34,37-40H2,1-2H3/p+1. The van der Waals surface area contributed by atoms with Crippen LogP contribution < -0.4 is 14.4 Å². The zero-order valence-corrected chi connectivity index (χ0v) is 37.9. The van der Waals surface area contributed by atoms with Gasteiger partial charge in [0.05, 0.1) is 37.8 Å². The summed E-state index contributed by atoms with van der Waals surface area (Å²) in [6.07, 6.45) is 10.2. The molecule has 1 N–H and O–H groups in total. The number of rotatable bonds is 20. The van der Waals surface area contributed by atoms with Crippen molar-refractivity contribution in [3.05, 3.63) is 227 Å². The number of ether oxygens (including phenoxy) is 3. The predicted molar refractivity (Wildman–Crippen MR) is 262 cm³/mol. The van der Waals surface area contributed by atoms with E-state index < -0.39 is 16.8 Å². The highest BCUT2D eigenvalue weighted by molar-refractivity contribution is 6.04. The molecule has 2 aliphatic rings. The van der Waals surface area contributed by atoms with Gasteiger partial charge in [0.15, 0.2) is 12.3 Å². The van der Waals surface area contributed by atoms with E-state index in [1.54, 1.807) is 14.2 Å². The summed E-state index contributed by atoms with van der Waals surface area (Å²) in [6.45, 7) is 1.21. The van der Waals surface area contributed by atoms with E-state index in [1.807, 2.05) is 91.0 Å². The maximum Gasteiger partial charge on any atom is 0.309 e. The summed E-state index contributed by atoms with van der Waals surface area (Å²) in [5.41, 5.74) is 9.33. The van der Waals surface area contributed by atoms with Crippen molar-refractivity contribution in [3.63, 3.8) is 0 Å². The second-order valence-electron chi connectivity index (χ2n) is 17.0. The normalized spacial score (nSPS) is 15.3. The molecule has 0 radical (unpaired) electrons. The molecule has 0 saturated heterocycles. The topological polar surface area (TPSA) is 112 Å². The zero-order chi connectivity index (χ0) is 46.6. The van der Waals surface area contributed by atoms with Crippen LogP contribution >= 0.6 is 0 Å². The van der Waals surface area contributed by atoms with E-state index in [-0.39, 0.29) is 19.6 Å². The van der Waals surface area contributed by atoms with E-state index in [9.17, 15) is 20.0 Å². The third-order valence-electron chi connectivity index (χ3n) is 13.0. The van der Waals surface area contributed by atoms with Crippen molar-refractivity contribution in [1.82, 2.24) is 0 Å². The molecule has 0 spiro atoms. The molecule has 0 saturated carbocycles. The maximum absolute atomic E-state index is 12.3. The summed E-state index contributed by atoms with van der Waals surface area (Å²) in [5, 5.41) is 21.1. The van der Waals surface area contributed by atoms with Crippen LogP contribution in [0.4, 0.5) is 11.4 Å². The summed E-state index contributed by atoms with van der Waals surface area (Å²) >= 11 is 0. The van der Waals surface area contributed by atoms with Crippen molar-refractivity contribution in [1.29, 1.82) is 5.26 Å². The molecule has 0 amide bonds. The van der Waals surface area contributed by atoms with Crippen molar-refractivity contribution in [2.24, 2.45) is 0 Å². The minimum Gasteiger partial charge on any atom is -0.497 e. The molecular weight excluding hydrogens is 835 g/mol. The molecule has 0 unspecified atom stereocenters. The Morgan fingerprint density at radius 2 is 1.21 bits per heavy atom. The highest BCUT2D eigenvalue weighted by Crippen LogP contribution is 2.53. The molecule has 0 fully saturated rings. The Morgan fingerprint density at radius 3 is 1.70 bits per heavy atom. The number of hydrogen-bond donors (Lipinski definition) is 1. The van der Waals surface area contributed by atoms with Crippen LogP contribution in [0, 0.1) is 11.3 Å². The fourth-order valence-corrected chi connectivity index (χ4v) is 10.1. The fraction of sp³-hybridized carbons (Fsp3) is 0.207. The number of allylic oxidation sites excluding steroid dienone is 6. The maximum atomic E-state index is 12.3. The Morgan fingerprint density at radius 1 is 0.701 bits per heavy atom. The molecule has 0 atom stereocenters. The van der Waals surface area contributed by atoms with E-state index in [1.165, 1.54) is 0 Å². The first-order chi connectivity index (χ1) is 32.8. The van der Waals surface area contributed by atoms with Crippen molar-refractivity contribution < 1.29 is 33.5 Å². The molecule has 2 heterocycles. The van der Waals surface area contributed by atoms with Gasteiger partial charge in [-0.1, -0.05) is 121 Å². The molecule has 2 aliphatic heterocycles. The quantitative estimate of drug-likeness (QED) is 0.0265. The molecule has 67 heavy (non-hydrogen) atoms. The van der Waals surface area contributed by atoms with Gasteiger partial charge in [0, 0.05) is 34.5 Å². The van der Waals surface area contributed by atoms with Crippen LogP contribution in [-0.2, 0) is 50.8 Å². The van der Waals surface area contributed by atoms with Crippen LogP contribution in [0.1, 0.15) is 39.8 Å². The molecule has 336 valence electrons. The molecule has 8 rings (SSSR count). The molecule has 9 heteroatoms. The van der Waals surface area contributed by atoms with Gasteiger partial charge in [-0.3, -0.25) is 9.59 Å². The van der Waals surface area contributed by atoms with E-state index in [0.717, 1.165) is 61.9 Å². The van der Waals surface area contributed by atoms with Gasteiger partial charge in [-0.15, -0.1) is 0 Å². The monoisotopic (exact) mass is 888 g/mol. The van der Waals surface area contributed by atoms with E-state index in [0.29, 0.717) is 50.0 Å². The molecule has 9 nitrogen and oxygen atoms in total. The minimum absolute atomic E-state index is 0.0947. The Hall–Kier alpha value is -7.96. The number of carbonyl (C=O) groups is 2. The lowest BCUT2D eigenvalue weighted by molar-refractivity contribution is -0.436. The van der Waals surface area contributed by atoms with Crippen molar-refractivity contribution in [2.75, 3.05) is 38.8 Å². The number of anilines is 1. The minimum atomic E-state index is -0.904.